The summed E-state index contributed by atoms with van der Waals surface area (Å²) in [7, 11) is 0. The first-order chi connectivity index (χ1) is 26.6. The number of carboxylic acids is 1. The summed E-state index contributed by atoms with van der Waals surface area (Å²) in [6.45, 7) is 24.6. The lowest BCUT2D eigenvalue weighted by Crippen LogP contribution is -2.54. The summed E-state index contributed by atoms with van der Waals surface area (Å²) in [6.07, 6.45) is 4.71. The highest BCUT2D eigenvalue weighted by molar-refractivity contribution is 5.73. The normalized spacial score (nSPS) is 17.9. The Labute approximate surface area is 347 Å². The van der Waals surface area contributed by atoms with Gasteiger partial charge < -0.3 is 24.1 Å². The summed E-state index contributed by atoms with van der Waals surface area (Å²) in [5.74, 6) is -2.39. The molecule has 0 aromatic heterocycles. The fourth-order valence-corrected chi connectivity index (χ4v) is 6.28. The molecule has 14 heteroatoms. The number of ether oxygens (including phenoxy) is 4. The summed E-state index contributed by atoms with van der Waals surface area (Å²) in [6, 6.07) is 7.64. The topological polar surface area (TPSA) is 155 Å². The van der Waals surface area contributed by atoms with Crippen LogP contribution in [0.2, 0.25) is 0 Å². The molecule has 1 aromatic rings. The van der Waals surface area contributed by atoms with E-state index >= 15 is 0 Å². The van der Waals surface area contributed by atoms with Gasteiger partial charge in [0, 0.05) is 58.3 Å². The Morgan fingerprint density at radius 3 is 1.38 bits per heavy atom. The Hall–Kier alpha value is -3.85. The summed E-state index contributed by atoms with van der Waals surface area (Å²) < 4.78 is 23.0. The first-order valence-corrected chi connectivity index (χ1v) is 20.4. The lowest BCUT2D eigenvalue weighted by atomic mass is 10.0. The van der Waals surface area contributed by atoms with Crippen LogP contribution in [0, 0.1) is 0 Å². The quantitative estimate of drug-likeness (QED) is 0.196. The van der Waals surface area contributed by atoms with Gasteiger partial charge in [-0.15, -0.1) is 0 Å². The standard InChI is InChI=1S/C44H72N4O10/c1-41(2,3)55-37(51)29-45-21-22-46(30-38(52)56-42(4,5)6)25-26-48(32-40(54)58-44(10,11)12)35(28-47(24-23-45)31-39(53)57-43(7,8)9)27-34-19-17-33(18-20-34)15-13-14-16-36(49)50/h13,15,17-20,35H,14,16,21-32H2,1-12H3,(H,49,50)/t35-/m0/s1. The number of benzene rings is 1. The lowest BCUT2D eigenvalue weighted by Gasteiger charge is -2.39. The van der Waals surface area contributed by atoms with E-state index in [0.717, 1.165) is 11.1 Å². The van der Waals surface area contributed by atoms with Crippen LogP contribution in [0.1, 0.15) is 107 Å². The third kappa shape index (κ3) is 23.5. The third-order valence-electron chi connectivity index (χ3n) is 8.51. The molecule has 1 fully saturated rings. The predicted octanol–water partition coefficient (Wildman–Crippen LogP) is 5.06. The molecule has 58 heavy (non-hydrogen) atoms. The number of hydrogen-bond acceptors (Lipinski definition) is 13. The van der Waals surface area contributed by atoms with Crippen molar-refractivity contribution in [2.75, 3.05) is 72.0 Å². The minimum atomic E-state index is -0.850. The number of nitrogens with zero attached hydrogens (tertiary/aromatic N) is 4. The number of esters is 4. The predicted molar refractivity (Wildman–Crippen MR) is 224 cm³/mol. The Morgan fingerprint density at radius 1 is 0.586 bits per heavy atom. The van der Waals surface area contributed by atoms with E-state index in [1.54, 1.807) is 0 Å². The fourth-order valence-electron chi connectivity index (χ4n) is 6.28. The van der Waals surface area contributed by atoms with Crippen LogP contribution in [-0.2, 0) is 49.3 Å². The van der Waals surface area contributed by atoms with Crippen molar-refractivity contribution >= 4 is 35.9 Å². The molecule has 0 amide bonds. The highest BCUT2D eigenvalue weighted by Crippen LogP contribution is 2.18. The van der Waals surface area contributed by atoms with Crippen molar-refractivity contribution in [3.05, 3.63) is 41.5 Å². The number of rotatable bonds is 14. The summed E-state index contributed by atoms with van der Waals surface area (Å²) in [4.78, 5) is 72.3. The van der Waals surface area contributed by atoms with Crippen LogP contribution >= 0.6 is 0 Å². The molecule has 1 heterocycles. The lowest BCUT2D eigenvalue weighted by molar-refractivity contribution is -0.160. The molecule has 0 unspecified atom stereocenters. The summed E-state index contributed by atoms with van der Waals surface area (Å²) >= 11 is 0. The van der Waals surface area contributed by atoms with Gasteiger partial charge in [0.05, 0.1) is 26.2 Å². The van der Waals surface area contributed by atoms with Gasteiger partial charge in [-0.25, -0.2) is 0 Å². The zero-order chi connectivity index (χ0) is 43.9. The molecule has 2 rings (SSSR count). The first-order valence-electron chi connectivity index (χ1n) is 20.4. The minimum absolute atomic E-state index is 0.00864. The molecule has 1 saturated heterocycles. The molecule has 1 aromatic carbocycles. The van der Waals surface area contributed by atoms with Crippen LogP contribution in [0.4, 0.5) is 0 Å². The van der Waals surface area contributed by atoms with E-state index in [4.69, 9.17) is 24.1 Å². The zero-order valence-electron chi connectivity index (χ0n) is 37.4. The second-order valence-corrected chi connectivity index (χ2v) is 19.0. The number of carboxylic acid groups (broad SMARTS) is 1. The molecule has 1 aliphatic heterocycles. The Balaban J connectivity index is 2.62. The largest absolute Gasteiger partial charge is 0.481 e. The fraction of sp³-hybridized carbons (Fsp3) is 0.705. The SMILES string of the molecule is CC(C)(C)OC(=O)CN1CCN(CC(=O)OC(C)(C)C)CCN(CC(=O)OC(C)(C)C)[C@@H](Cc2ccc(C=CCCC(=O)O)cc2)CN(CC(=O)OC(C)(C)C)CC1. The molecule has 14 nitrogen and oxygen atoms in total. The van der Waals surface area contributed by atoms with E-state index in [0.29, 0.717) is 58.7 Å². The van der Waals surface area contributed by atoms with Gasteiger partial charge in [-0.05, 0) is 107 Å². The maximum atomic E-state index is 13.6. The van der Waals surface area contributed by atoms with E-state index in [1.165, 1.54) is 0 Å². The molecule has 0 spiro atoms. The van der Waals surface area contributed by atoms with Crippen molar-refractivity contribution in [2.24, 2.45) is 0 Å². The van der Waals surface area contributed by atoms with Crippen molar-refractivity contribution in [3.63, 3.8) is 0 Å². The maximum absolute atomic E-state index is 13.6. The van der Waals surface area contributed by atoms with E-state index in [2.05, 4.69) is 4.90 Å². The second-order valence-electron chi connectivity index (χ2n) is 19.0. The average molecular weight is 817 g/mol. The molecule has 0 bridgehead atoms. The van der Waals surface area contributed by atoms with Crippen molar-refractivity contribution in [3.8, 4) is 0 Å². The van der Waals surface area contributed by atoms with Crippen LogP contribution < -0.4 is 0 Å². The first kappa shape index (κ1) is 50.3. The maximum Gasteiger partial charge on any atom is 0.320 e. The Kier molecular flexibility index (Phi) is 19.5. The van der Waals surface area contributed by atoms with Gasteiger partial charge in [0.1, 0.15) is 22.4 Å². The van der Waals surface area contributed by atoms with E-state index in [-0.39, 0.29) is 50.6 Å². The molecule has 1 atom stereocenters. The van der Waals surface area contributed by atoms with Crippen LogP contribution in [-0.4, -0.2) is 155 Å². The number of carbonyl (C=O) groups is 5. The van der Waals surface area contributed by atoms with E-state index in [9.17, 15) is 24.0 Å². The molecular weight excluding hydrogens is 745 g/mol. The molecule has 0 saturated carbocycles. The number of carbonyl (C=O) groups excluding carboxylic acids is 4. The monoisotopic (exact) mass is 817 g/mol. The average Bonchev–Trinajstić information content (AvgIpc) is 3.02. The third-order valence-corrected chi connectivity index (χ3v) is 8.51. The molecule has 328 valence electrons. The van der Waals surface area contributed by atoms with Gasteiger partial charge in [0.25, 0.3) is 0 Å². The van der Waals surface area contributed by atoms with E-state index in [1.807, 2.05) is 134 Å². The molecule has 1 aliphatic rings. The van der Waals surface area contributed by atoms with Gasteiger partial charge in [0.15, 0.2) is 0 Å². The highest BCUT2D eigenvalue weighted by atomic mass is 16.6. The van der Waals surface area contributed by atoms with Crippen molar-refractivity contribution in [2.45, 2.75) is 131 Å². The smallest absolute Gasteiger partial charge is 0.320 e. The summed E-state index contributed by atoms with van der Waals surface area (Å²) in [5.41, 5.74) is -0.849. The van der Waals surface area contributed by atoms with Crippen molar-refractivity contribution in [1.82, 2.24) is 19.6 Å². The number of allylic oxidation sites excluding steroid dienone is 1. The molecule has 0 radical (unpaired) electrons. The van der Waals surface area contributed by atoms with Crippen molar-refractivity contribution in [1.29, 1.82) is 0 Å². The minimum Gasteiger partial charge on any atom is -0.481 e. The van der Waals surface area contributed by atoms with Gasteiger partial charge >= 0.3 is 29.8 Å². The Morgan fingerprint density at radius 2 is 0.966 bits per heavy atom. The molecule has 0 aliphatic carbocycles. The Bertz CT molecular complexity index is 1520. The zero-order valence-corrected chi connectivity index (χ0v) is 37.4. The molecule has 1 N–H and O–H groups in total. The van der Waals surface area contributed by atoms with Gasteiger partial charge in [-0.2, -0.15) is 0 Å². The van der Waals surface area contributed by atoms with E-state index < -0.39 is 40.3 Å². The molecular formula is C44H72N4O10. The number of aliphatic carboxylic acids is 1. The van der Waals surface area contributed by atoms with Gasteiger partial charge in [-0.1, -0.05) is 36.4 Å². The van der Waals surface area contributed by atoms with Crippen LogP contribution in [0.5, 0.6) is 0 Å². The van der Waals surface area contributed by atoms with Gasteiger partial charge in [-0.3, -0.25) is 43.6 Å². The van der Waals surface area contributed by atoms with Crippen LogP contribution in [0.25, 0.3) is 6.08 Å². The van der Waals surface area contributed by atoms with Crippen molar-refractivity contribution < 1.29 is 48.0 Å². The van der Waals surface area contributed by atoms with Crippen LogP contribution in [0.3, 0.4) is 0 Å². The number of hydrogen-bond donors (Lipinski definition) is 1. The second kappa shape index (κ2) is 22.5. The van der Waals surface area contributed by atoms with Crippen LogP contribution in [0.15, 0.2) is 30.3 Å². The highest BCUT2D eigenvalue weighted by Gasteiger charge is 2.31. The summed E-state index contributed by atoms with van der Waals surface area (Å²) in [5, 5.41) is 8.99. The van der Waals surface area contributed by atoms with Gasteiger partial charge in [0.2, 0.25) is 0 Å².